The predicted octanol–water partition coefficient (Wildman–Crippen LogP) is 4.41. The smallest absolute Gasteiger partial charge is 0.213 e. The van der Waals surface area contributed by atoms with Gasteiger partial charge in [0.2, 0.25) is 5.95 Å². The number of pyridine rings is 2. The van der Waals surface area contributed by atoms with Crippen molar-refractivity contribution in [1.82, 2.24) is 29.9 Å². The predicted molar refractivity (Wildman–Crippen MR) is 109 cm³/mol. The molecule has 0 aliphatic carbocycles. The lowest BCUT2D eigenvalue weighted by atomic mass is 10.0. The first kappa shape index (κ1) is 18.0. The van der Waals surface area contributed by atoms with Gasteiger partial charge in [0.05, 0.1) is 29.3 Å². The third-order valence-corrected chi connectivity index (χ3v) is 4.81. The first-order valence-electron chi connectivity index (χ1n) is 9.22. The molecule has 0 fully saturated rings. The van der Waals surface area contributed by atoms with Crippen molar-refractivity contribution in [2.75, 3.05) is 5.32 Å². The van der Waals surface area contributed by atoms with Crippen LogP contribution in [0.1, 0.15) is 18.5 Å². The Bertz CT molecular complexity index is 1380. The number of nitrogens with zero attached hydrogens (tertiary/aromatic N) is 5. The largest absolute Gasteiger partial charge is 0.362 e. The van der Waals surface area contributed by atoms with E-state index in [9.17, 15) is 8.78 Å². The molecule has 1 unspecified atom stereocenters. The van der Waals surface area contributed by atoms with Gasteiger partial charge in [0.15, 0.2) is 11.5 Å². The van der Waals surface area contributed by atoms with E-state index < -0.39 is 11.8 Å². The third kappa shape index (κ3) is 3.20. The SMILES string of the molecule is CC(Nc1ncnc2nc[nH]c12)c1cc2ccc(F)cc2nc1-c1cccc(F)n1. The van der Waals surface area contributed by atoms with Crippen LogP contribution in [-0.2, 0) is 0 Å². The van der Waals surface area contributed by atoms with Crippen molar-refractivity contribution in [3.8, 4) is 11.4 Å². The second kappa shape index (κ2) is 7.11. The number of hydrogen-bond acceptors (Lipinski definition) is 6. The Kier molecular flexibility index (Phi) is 4.27. The van der Waals surface area contributed by atoms with Crippen molar-refractivity contribution in [1.29, 1.82) is 0 Å². The van der Waals surface area contributed by atoms with E-state index in [0.717, 1.165) is 10.9 Å². The second-order valence-corrected chi connectivity index (χ2v) is 6.80. The molecule has 7 nitrogen and oxygen atoms in total. The first-order chi connectivity index (χ1) is 14.6. The molecule has 30 heavy (non-hydrogen) atoms. The Labute approximate surface area is 169 Å². The number of rotatable bonds is 4. The third-order valence-electron chi connectivity index (χ3n) is 4.81. The Morgan fingerprint density at radius 3 is 2.77 bits per heavy atom. The molecule has 2 N–H and O–H groups in total. The number of aromatic amines is 1. The molecule has 0 spiro atoms. The molecular weight excluding hydrogens is 388 g/mol. The quantitative estimate of drug-likeness (QED) is 0.432. The van der Waals surface area contributed by atoms with E-state index in [2.05, 4.69) is 35.2 Å². The molecule has 1 atom stereocenters. The average molecular weight is 403 g/mol. The fraction of sp³-hybridized carbons (Fsp3) is 0.0952. The Hall–Kier alpha value is -4.01. The first-order valence-corrected chi connectivity index (χ1v) is 9.22. The lowest BCUT2D eigenvalue weighted by molar-refractivity contribution is 0.585. The van der Waals surface area contributed by atoms with Crippen molar-refractivity contribution in [3.63, 3.8) is 0 Å². The molecular formula is C21H15F2N7. The van der Waals surface area contributed by atoms with Gasteiger partial charge < -0.3 is 10.3 Å². The van der Waals surface area contributed by atoms with Crippen LogP contribution < -0.4 is 5.32 Å². The number of imidazole rings is 1. The maximum absolute atomic E-state index is 13.8. The number of hydrogen-bond donors (Lipinski definition) is 2. The molecule has 0 saturated heterocycles. The fourth-order valence-corrected chi connectivity index (χ4v) is 3.39. The molecule has 9 heteroatoms. The van der Waals surface area contributed by atoms with Crippen LogP contribution in [0.2, 0.25) is 0 Å². The summed E-state index contributed by atoms with van der Waals surface area (Å²) in [7, 11) is 0. The molecule has 0 aliphatic heterocycles. The highest BCUT2D eigenvalue weighted by molar-refractivity contribution is 5.85. The van der Waals surface area contributed by atoms with E-state index in [1.807, 2.05) is 13.0 Å². The van der Waals surface area contributed by atoms with E-state index in [-0.39, 0.29) is 6.04 Å². The summed E-state index contributed by atoms with van der Waals surface area (Å²) in [4.78, 5) is 24.1. The number of halogens is 2. The molecule has 148 valence electrons. The molecule has 0 bridgehead atoms. The zero-order chi connectivity index (χ0) is 20.7. The normalized spacial score (nSPS) is 12.4. The van der Waals surface area contributed by atoms with Crippen LogP contribution in [0.25, 0.3) is 33.5 Å². The second-order valence-electron chi connectivity index (χ2n) is 6.80. The molecule has 5 aromatic rings. The van der Waals surface area contributed by atoms with Crippen molar-refractivity contribution >= 4 is 27.9 Å². The molecule has 4 aromatic heterocycles. The maximum Gasteiger partial charge on any atom is 0.213 e. The minimum absolute atomic E-state index is 0.284. The van der Waals surface area contributed by atoms with Crippen LogP contribution in [0.4, 0.5) is 14.6 Å². The average Bonchev–Trinajstić information content (AvgIpc) is 3.22. The van der Waals surface area contributed by atoms with E-state index >= 15 is 0 Å². The van der Waals surface area contributed by atoms with E-state index in [1.165, 1.54) is 24.5 Å². The van der Waals surface area contributed by atoms with E-state index in [0.29, 0.717) is 33.9 Å². The zero-order valence-electron chi connectivity index (χ0n) is 15.8. The highest BCUT2D eigenvalue weighted by atomic mass is 19.1. The van der Waals surface area contributed by atoms with Gasteiger partial charge in [0.1, 0.15) is 17.7 Å². The van der Waals surface area contributed by atoms with Crippen LogP contribution in [0.5, 0.6) is 0 Å². The van der Waals surface area contributed by atoms with Crippen LogP contribution in [0, 0.1) is 11.8 Å². The van der Waals surface area contributed by atoms with Gasteiger partial charge in [0, 0.05) is 17.0 Å². The number of benzene rings is 1. The van der Waals surface area contributed by atoms with Crippen LogP contribution >= 0.6 is 0 Å². The molecule has 0 aliphatic rings. The Morgan fingerprint density at radius 2 is 1.90 bits per heavy atom. The Balaban J connectivity index is 1.65. The number of nitrogens with one attached hydrogen (secondary N) is 2. The summed E-state index contributed by atoms with van der Waals surface area (Å²) in [6, 6.07) is 10.5. The molecule has 0 radical (unpaired) electrons. The van der Waals surface area contributed by atoms with Gasteiger partial charge in [-0.1, -0.05) is 6.07 Å². The number of anilines is 1. The summed E-state index contributed by atoms with van der Waals surface area (Å²) in [6.07, 6.45) is 2.97. The summed E-state index contributed by atoms with van der Waals surface area (Å²) >= 11 is 0. The fourth-order valence-electron chi connectivity index (χ4n) is 3.39. The standard InChI is InChI=1S/C21H15F2N7/c1-11(28-21-19-20(25-9-24-19)26-10-27-21)14-7-12-5-6-13(22)8-16(12)30-18(14)15-3-2-4-17(23)29-15/h2-11H,1H3,(H2,24,25,26,27,28). The van der Waals surface area contributed by atoms with Gasteiger partial charge in [-0.15, -0.1) is 0 Å². The lowest BCUT2D eigenvalue weighted by Gasteiger charge is -2.19. The highest BCUT2D eigenvalue weighted by Gasteiger charge is 2.18. The number of H-pyrrole nitrogens is 1. The monoisotopic (exact) mass is 403 g/mol. The van der Waals surface area contributed by atoms with Crippen molar-refractivity contribution < 1.29 is 8.78 Å². The van der Waals surface area contributed by atoms with Crippen molar-refractivity contribution in [2.45, 2.75) is 13.0 Å². The minimum atomic E-state index is -0.616. The minimum Gasteiger partial charge on any atom is -0.362 e. The van der Waals surface area contributed by atoms with E-state index in [1.54, 1.807) is 24.5 Å². The van der Waals surface area contributed by atoms with Gasteiger partial charge >= 0.3 is 0 Å². The molecule has 5 rings (SSSR count). The van der Waals surface area contributed by atoms with Crippen LogP contribution in [0.15, 0.2) is 55.1 Å². The highest BCUT2D eigenvalue weighted by Crippen LogP contribution is 2.31. The van der Waals surface area contributed by atoms with Gasteiger partial charge in [-0.05, 0) is 37.3 Å². The zero-order valence-corrected chi connectivity index (χ0v) is 15.8. The molecule has 4 heterocycles. The van der Waals surface area contributed by atoms with Gasteiger partial charge in [0.25, 0.3) is 0 Å². The lowest BCUT2D eigenvalue weighted by Crippen LogP contribution is -2.11. The summed E-state index contributed by atoms with van der Waals surface area (Å²) in [6.45, 7) is 1.93. The van der Waals surface area contributed by atoms with Crippen molar-refractivity contribution in [3.05, 3.63) is 72.4 Å². The summed E-state index contributed by atoms with van der Waals surface area (Å²) in [5.41, 5.74) is 3.26. The molecule has 0 amide bonds. The number of fused-ring (bicyclic) bond motifs is 2. The van der Waals surface area contributed by atoms with Crippen LogP contribution in [-0.4, -0.2) is 29.9 Å². The van der Waals surface area contributed by atoms with Gasteiger partial charge in [-0.3, -0.25) is 0 Å². The van der Waals surface area contributed by atoms with E-state index in [4.69, 9.17) is 0 Å². The van der Waals surface area contributed by atoms with Crippen molar-refractivity contribution in [2.24, 2.45) is 0 Å². The van der Waals surface area contributed by atoms with Gasteiger partial charge in [-0.25, -0.2) is 29.3 Å². The summed E-state index contributed by atoms with van der Waals surface area (Å²) < 4.78 is 27.6. The summed E-state index contributed by atoms with van der Waals surface area (Å²) in [5.74, 6) is -0.438. The summed E-state index contributed by atoms with van der Waals surface area (Å²) in [5, 5.41) is 4.09. The van der Waals surface area contributed by atoms with Gasteiger partial charge in [-0.2, -0.15) is 4.39 Å². The molecule has 1 aromatic carbocycles. The topological polar surface area (TPSA) is 92.3 Å². The Morgan fingerprint density at radius 1 is 1.00 bits per heavy atom. The number of aromatic nitrogens is 6. The molecule has 0 saturated carbocycles. The van der Waals surface area contributed by atoms with Crippen LogP contribution in [0.3, 0.4) is 0 Å². The maximum atomic E-state index is 13.8.